The summed E-state index contributed by atoms with van der Waals surface area (Å²) in [6.45, 7) is 5.59. The van der Waals surface area contributed by atoms with E-state index in [1.54, 1.807) is 19.6 Å². The van der Waals surface area contributed by atoms with E-state index in [0.717, 1.165) is 5.69 Å². The van der Waals surface area contributed by atoms with Gasteiger partial charge in [0.05, 0.1) is 31.3 Å². The molecule has 0 radical (unpaired) electrons. The van der Waals surface area contributed by atoms with E-state index >= 15 is 0 Å². The first-order chi connectivity index (χ1) is 7.70. The van der Waals surface area contributed by atoms with Gasteiger partial charge in [0.15, 0.2) is 0 Å². The van der Waals surface area contributed by atoms with Gasteiger partial charge in [0.25, 0.3) is 0 Å². The maximum absolute atomic E-state index is 9.36. The lowest BCUT2D eigenvalue weighted by atomic mass is 10.2. The van der Waals surface area contributed by atoms with E-state index in [1.807, 2.05) is 0 Å². The van der Waals surface area contributed by atoms with Crippen LogP contribution in [-0.2, 0) is 4.74 Å². The monoisotopic (exact) mass is 227 g/mol. The van der Waals surface area contributed by atoms with Crippen molar-refractivity contribution in [3.63, 3.8) is 0 Å². The number of aliphatic hydroxyl groups excluding tert-OH is 1. The van der Waals surface area contributed by atoms with Crippen LogP contribution in [0, 0.1) is 0 Å². The molecular weight excluding hydrogens is 206 g/mol. The number of imidazole rings is 1. The SMILES string of the molecule is COCCNC(CO)c1cncn1C(C)C. The second-order valence-corrected chi connectivity index (χ2v) is 4.00. The summed E-state index contributed by atoms with van der Waals surface area (Å²) in [7, 11) is 1.66. The van der Waals surface area contributed by atoms with Gasteiger partial charge in [-0.3, -0.25) is 0 Å². The van der Waals surface area contributed by atoms with Crippen LogP contribution in [0.25, 0.3) is 0 Å². The van der Waals surface area contributed by atoms with Crippen molar-refractivity contribution in [3.05, 3.63) is 18.2 Å². The number of methoxy groups -OCH3 is 1. The summed E-state index contributed by atoms with van der Waals surface area (Å²) in [6.07, 6.45) is 3.58. The van der Waals surface area contributed by atoms with E-state index in [2.05, 4.69) is 28.7 Å². The molecule has 0 saturated heterocycles. The fourth-order valence-corrected chi connectivity index (χ4v) is 1.61. The van der Waals surface area contributed by atoms with Gasteiger partial charge in [-0.15, -0.1) is 0 Å². The lowest BCUT2D eigenvalue weighted by Gasteiger charge is -2.20. The van der Waals surface area contributed by atoms with E-state index in [-0.39, 0.29) is 12.6 Å². The van der Waals surface area contributed by atoms with E-state index in [9.17, 15) is 5.11 Å². The molecule has 1 atom stereocenters. The van der Waals surface area contributed by atoms with Crippen LogP contribution in [0.4, 0.5) is 0 Å². The van der Waals surface area contributed by atoms with Gasteiger partial charge < -0.3 is 19.7 Å². The zero-order valence-electron chi connectivity index (χ0n) is 10.2. The van der Waals surface area contributed by atoms with Crippen molar-refractivity contribution in [2.45, 2.75) is 25.9 Å². The first kappa shape index (κ1) is 13.2. The number of rotatable bonds is 7. The summed E-state index contributed by atoms with van der Waals surface area (Å²) >= 11 is 0. The Bertz CT molecular complexity index is 299. The van der Waals surface area contributed by atoms with Crippen LogP contribution >= 0.6 is 0 Å². The van der Waals surface area contributed by atoms with Crippen molar-refractivity contribution in [1.29, 1.82) is 0 Å². The molecular formula is C11H21N3O2. The molecule has 0 spiro atoms. The summed E-state index contributed by atoms with van der Waals surface area (Å²) < 4.78 is 7.02. The topological polar surface area (TPSA) is 59.3 Å². The molecule has 1 aromatic rings. The van der Waals surface area contributed by atoms with Gasteiger partial charge in [-0.2, -0.15) is 0 Å². The van der Waals surface area contributed by atoms with Crippen LogP contribution in [0.5, 0.6) is 0 Å². The second-order valence-electron chi connectivity index (χ2n) is 4.00. The number of hydrogen-bond donors (Lipinski definition) is 2. The molecule has 5 nitrogen and oxygen atoms in total. The quantitative estimate of drug-likeness (QED) is 0.674. The summed E-state index contributed by atoms with van der Waals surface area (Å²) in [5.74, 6) is 0. The minimum absolute atomic E-state index is 0.0577. The molecule has 0 aromatic carbocycles. The van der Waals surface area contributed by atoms with Gasteiger partial charge in [0.1, 0.15) is 0 Å². The van der Waals surface area contributed by atoms with Crippen molar-refractivity contribution in [2.75, 3.05) is 26.9 Å². The Labute approximate surface area is 96.4 Å². The standard InChI is InChI=1S/C11H21N3O2/c1-9(2)14-8-12-6-11(14)10(7-15)13-4-5-16-3/h6,8-10,13,15H,4-5,7H2,1-3H3. The van der Waals surface area contributed by atoms with Crippen molar-refractivity contribution in [3.8, 4) is 0 Å². The number of ether oxygens (including phenoxy) is 1. The Kier molecular flexibility index (Phi) is 5.45. The smallest absolute Gasteiger partial charge is 0.0951 e. The zero-order valence-corrected chi connectivity index (χ0v) is 10.2. The summed E-state index contributed by atoms with van der Waals surface area (Å²) in [6, 6.07) is 0.260. The molecule has 0 aliphatic heterocycles. The Balaban J connectivity index is 2.66. The van der Waals surface area contributed by atoms with Gasteiger partial charge in [0, 0.05) is 25.9 Å². The van der Waals surface area contributed by atoms with Crippen LogP contribution in [0.15, 0.2) is 12.5 Å². The fourth-order valence-electron chi connectivity index (χ4n) is 1.61. The highest BCUT2D eigenvalue weighted by atomic mass is 16.5. The van der Waals surface area contributed by atoms with E-state index in [4.69, 9.17) is 4.74 Å². The van der Waals surface area contributed by atoms with Gasteiger partial charge in [-0.1, -0.05) is 0 Å². The molecule has 1 rings (SSSR count). The Morgan fingerprint density at radius 2 is 2.31 bits per heavy atom. The summed E-state index contributed by atoms with van der Waals surface area (Å²) in [5.41, 5.74) is 1.01. The average Bonchev–Trinajstić information content (AvgIpc) is 2.73. The predicted molar refractivity (Wildman–Crippen MR) is 62.3 cm³/mol. The highest BCUT2D eigenvalue weighted by molar-refractivity contribution is 5.06. The van der Waals surface area contributed by atoms with Crippen LogP contribution in [-0.4, -0.2) is 41.5 Å². The summed E-state index contributed by atoms with van der Waals surface area (Å²) in [5, 5.41) is 12.6. The minimum atomic E-state index is -0.0833. The predicted octanol–water partition coefficient (Wildman–Crippen LogP) is 0.733. The number of hydrogen-bond acceptors (Lipinski definition) is 4. The zero-order chi connectivity index (χ0) is 12.0. The molecule has 0 saturated carbocycles. The van der Waals surface area contributed by atoms with Gasteiger partial charge >= 0.3 is 0 Å². The summed E-state index contributed by atoms with van der Waals surface area (Å²) in [4.78, 5) is 4.12. The minimum Gasteiger partial charge on any atom is -0.394 e. The lowest BCUT2D eigenvalue weighted by molar-refractivity contribution is 0.182. The largest absolute Gasteiger partial charge is 0.394 e. The maximum atomic E-state index is 9.36. The highest BCUT2D eigenvalue weighted by Crippen LogP contribution is 2.16. The maximum Gasteiger partial charge on any atom is 0.0951 e. The lowest BCUT2D eigenvalue weighted by Crippen LogP contribution is -2.29. The molecule has 5 heteroatoms. The molecule has 1 aromatic heterocycles. The normalized spacial score (nSPS) is 13.3. The van der Waals surface area contributed by atoms with Gasteiger partial charge in [-0.05, 0) is 13.8 Å². The molecule has 92 valence electrons. The van der Waals surface area contributed by atoms with Crippen molar-refractivity contribution in [1.82, 2.24) is 14.9 Å². The fraction of sp³-hybridized carbons (Fsp3) is 0.727. The van der Waals surface area contributed by atoms with Crippen LogP contribution < -0.4 is 5.32 Å². The Morgan fingerprint density at radius 1 is 1.56 bits per heavy atom. The third-order valence-corrected chi connectivity index (χ3v) is 2.49. The third kappa shape index (κ3) is 3.30. The Morgan fingerprint density at radius 3 is 2.88 bits per heavy atom. The van der Waals surface area contributed by atoms with Crippen molar-refractivity contribution >= 4 is 0 Å². The van der Waals surface area contributed by atoms with E-state index in [0.29, 0.717) is 19.2 Å². The molecule has 16 heavy (non-hydrogen) atoms. The molecule has 1 unspecified atom stereocenters. The molecule has 0 aliphatic carbocycles. The third-order valence-electron chi connectivity index (χ3n) is 2.49. The van der Waals surface area contributed by atoms with E-state index < -0.39 is 0 Å². The first-order valence-corrected chi connectivity index (χ1v) is 5.55. The second kappa shape index (κ2) is 6.62. The average molecular weight is 227 g/mol. The first-order valence-electron chi connectivity index (χ1n) is 5.55. The van der Waals surface area contributed by atoms with Crippen LogP contribution in [0.1, 0.15) is 31.6 Å². The van der Waals surface area contributed by atoms with Crippen LogP contribution in [0.2, 0.25) is 0 Å². The highest BCUT2D eigenvalue weighted by Gasteiger charge is 2.15. The van der Waals surface area contributed by atoms with Crippen LogP contribution in [0.3, 0.4) is 0 Å². The van der Waals surface area contributed by atoms with Gasteiger partial charge in [0.2, 0.25) is 0 Å². The molecule has 0 amide bonds. The molecule has 0 bridgehead atoms. The van der Waals surface area contributed by atoms with Crippen molar-refractivity contribution in [2.24, 2.45) is 0 Å². The number of aliphatic hydroxyl groups is 1. The number of aromatic nitrogens is 2. The molecule has 2 N–H and O–H groups in total. The number of nitrogens with one attached hydrogen (secondary N) is 1. The van der Waals surface area contributed by atoms with Gasteiger partial charge in [-0.25, -0.2) is 4.98 Å². The van der Waals surface area contributed by atoms with Crippen molar-refractivity contribution < 1.29 is 9.84 Å². The number of nitrogens with zero attached hydrogens (tertiary/aromatic N) is 2. The van der Waals surface area contributed by atoms with E-state index in [1.165, 1.54) is 0 Å². The molecule has 0 aliphatic rings. The Hall–Kier alpha value is -0.910. The molecule has 1 heterocycles. The molecule has 0 fully saturated rings.